The molecule has 0 aromatic heterocycles. The van der Waals surface area contributed by atoms with Crippen molar-refractivity contribution in [1.82, 2.24) is 0 Å². The first kappa shape index (κ1) is 10.9. The van der Waals surface area contributed by atoms with Gasteiger partial charge in [-0.3, -0.25) is 4.79 Å². The van der Waals surface area contributed by atoms with E-state index in [1.165, 1.54) is 0 Å². The van der Waals surface area contributed by atoms with E-state index < -0.39 is 0 Å². The molecule has 0 aromatic carbocycles. The van der Waals surface area contributed by atoms with Crippen molar-refractivity contribution in [3.05, 3.63) is 0 Å². The van der Waals surface area contributed by atoms with Gasteiger partial charge in [-0.1, -0.05) is 13.8 Å². The summed E-state index contributed by atoms with van der Waals surface area (Å²) in [5.74, 6) is 0.869. The smallest absolute Gasteiger partial charge is 0.306 e. The lowest BCUT2D eigenvalue weighted by molar-refractivity contribution is -0.146. The van der Waals surface area contributed by atoms with E-state index in [9.17, 15) is 4.79 Å². The topological polar surface area (TPSA) is 38.8 Å². The number of rotatable bonds is 4. The maximum absolute atomic E-state index is 11.3. The Morgan fingerprint density at radius 1 is 1.40 bits per heavy atom. The number of hydrogen-bond donors (Lipinski definition) is 0. The van der Waals surface area contributed by atoms with Crippen molar-refractivity contribution in [3.63, 3.8) is 0 Å². The number of hydrogen-bond acceptors (Lipinski definition) is 3. The third kappa shape index (κ3) is 3.20. The van der Waals surface area contributed by atoms with Crippen LogP contribution in [-0.2, 0) is 14.3 Å². The second-order valence-corrected chi connectivity index (χ2v) is 5.17. The number of epoxide rings is 1. The molecule has 0 bridgehead atoms. The van der Waals surface area contributed by atoms with Gasteiger partial charge in [-0.2, -0.15) is 0 Å². The van der Waals surface area contributed by atoms with Gasteiger partial charge in [0.1, 0.15) is 0 Å². The Bertz CT molecular complexity index is 237. The average Bonchev–Trinajstić information content (AvgIpc) is 2.91. The van der Waals surface area contributed by atoms with Crippen molar-refractivity contribution in [3.8, 4) is 0 Å². The molecule has 3 unspecified atom stereocenters. The molecule has 3 nitrogen and oxygen atoms in total. The molecule has 1 heterocycles. The lowest BCUT2D eigenvalue weighted by Crippen LogP contribution is -2.20. The van der Waals surface area contributed by atoms with Gasteiger partial charge in [0.15, 0.2) is 0 Å². The molecular formula is C12H20O3. The van der Waals surface area contributed by atoms with Gasteiger partial charge in [-0.15, -0.1) is 0 Å². The summed E-state index contributed by atoms with van der Waals surface area (Å²) in [7, 11) is 0. The fourth-order valence-electron chi connectivity index (χ4n) is 2.24. The zero-order valence-corrected chi connectivity index (χ0v) is 9.57. The highest BCUT2D eigenvalue weighted by atomic mass is 16.6. The quantitative estimate of drug-likeness (QED) is 0.529. The molecule has 2 rings (SSSR count). The Kier molecular flexibility index (Phi) is 3.29. The van der Waals surface area contributed by atoms with Gasteiger partial charge in [0.25, 0.3) is 0 Å². The molecule has 0 amide bonds. The number of ether oxygens (including phenoxy) is 2. The van der Waals surface area contributed by atoms with E-state index in [0.29, 0.717) is 37.1 Å². The highest BCUT2D eigenvalue weighted by Crippen LogP contribution is 2.39. The summed E-state index contributed by atoms with van der Waals surface area (Å²) in [5.41, 5.74) is 0. The summed E-state index contributed by atoms with van der Waals surface area (Å²) in [6, 6.07) is 0. The monoisotopic (exact) mass is 212 g/mol. The van der Waals surface area contributed by atoms with E-state index >= 15 is 0 Å². The molecule has 0 spiro atoms. The van der Waals surface area contributed by atoms with Crippen molar-refractivity contribution in [1.29, 1.82) is 0 Å². The number of carbonyl (C=O) groups excluding carboxylic acids is 1. The molecule has 2 fully saturated rings. The average molecular weight is 212 g/mol. The van der Waals surface area contributed by atoms with Crippen LogP contribution < -0.4 is 0 Å². The molecule has 0 aromatic rings. The van der Waals surface area contributed by atoms with E-state index in [4.69, 9.17) is 9.47 Å². The van der Waals surface area contributed by atoms with Gasteiger partial charge in [-0.05, 0) is 31.1 Å². The molecule has 2 aliphatic rings. The summed E-state index contributed by atoms with van der Waals surface area (Å²) >= 11 is 0. The fraction of sp³-hybridized carbons (Fsp3) is 0.917. The molecule has 1 saturated heterocycles. The van der Waals surface area contributed by atoms with Gasteiger partial charge in [-0.25, -0.2) is 0 Å². The number of esters is 1. The maximum Gasteiger partial charge on any atom is 0.306 e. The van der Waals surface area contributed by atoms with Crippen LogP contribution in [0.15, 0.2) is 0 Å². The fourth-order valence-corrected chi connectivity index (χ4v) is 2.24. The summed E-state index contributed by atoms with van der Waals surface area (Å²) < 4.78 is 10.7. The zero-order chi connectivity index (χ0) is 10.8. The molecule has 3 heteroatoms. The molecule has 1 aliphatic carbocycles. The number of fused-ring (bicyclic) bond motifs is 1. The predicted octanol–water partition coefficient (Wildman–Crippen LogP) is 2.14. The molecule has 86 valence electrons. The third-order valence-electron chi connectivity index (χ3n) is 3.17. The Morgan fingerprint density at radius 3 is 2.87 bits per heavy atom. The summed E-state index contributed by atoms with van der Waals surface area (Å²) in [5, 5.41) is 0. The van der Waals surface area contributed by atoms with Gasteiger partial charge in [0.05, 0.1) is 18.8 Å². The summed E-state index contributed by atoms with van der Waals surface area (Å²) in [6.07, 6.45) is 4.93. The SMILES string of the molecule is CC(C)CC(=O)OCC1CCC2OC2C1. The van der Waals surface area contributed by atoms with E-state index in [2.05, 4.69) is 0 Å². The first-order valence-electron chi connectivity index (χ1n) is 5.96. The second kappa shape index (κ2) is 4.52. The van der Waals surface area contributed by atoms with E-state index in [1.807, 2.05) is 13.8 Å². The lowest BCUT2D eigenvalue weighted by atomic mass is 9.90. The van der Waals surface area contributed by atoms with Gasteiger partial charge < -0.3 is 9.47 Å². The lowest BCUT2D eigenvalue weighted by Gasteiger charge is -2.18. The minimum Gasteiger partial charge on any atom is -0.465 e. The van der Waals surface area contributed by atoms with Gasteiger partial charge in [0.2, 0.25) is 0 Å². The van der Waals surface area contributed by atoms with Crippen LogP contribution in [-0.4, -0.2) is 24.8 Å². The van der Waals surface area contributed by atoms with Crippen molar-refractivity contribution in [2.75, 3.05) is 6.61 Å². The van der Waals surface area contributed by atoms with Crippen LogP contribution in [0.3, 0.4) is 0 Å². The van der Waals surface area contributed by atoms with E-state index in [-0.39, 0.29) is 5.97 Å². The van der Waals surface area contributed by atoms with Crippen LogP contribution in [0.1, 0.15) is 39.5 Å². The van der Waals surface area contributed by atoms with E-state index in [0.717, 1.165) is 19.3 Å². The zero-order valence-electron chi connectivity index (χ0n) is 9.57. The van der Waals surface area contributed by atoms with Crippen LogP contribution in [0.25, 0.3) is 0 Å². The summed E-state index contributed by atoms with van der Waals surface area (Å²) in [6.45, 7) is 4.66. The van der Waals surface area contributed by atoms with Crippen molar-refractivity contribution in [2.45, 2.75) is 51.7 Å². The van der Waals surface area contributed by atoms with Crippen molar-refractivity contribution < 1.29 is 14.3 Å². The van der Waals surface area contributed by atoms with Gasteiger partial charge >= 0.3 is 5.97 Å². The molecule has 1 saturated carbocycles. The largest absolute Gasteiger partial charge is 0.465 e. The van der Waals surface area contributed by atoms with E-state index in [1.54, 1.807) is 0 Å². The highest BCUT2D eigenvalue weighted by Gasteiger charge is 2.43. The van der Waals surface area contributed by atoms with Crippen molar-refractivity contribution in [2.24, 2.45) is 11.8 Å². The number of carbonyl (C=O) groups is 1. The molecule has 15 heavy (non-hydrogen) atoms. The van der Waals surface area contributed by atoms with Crippen LogP contribution in [0.4, 0.5) is 0 Å². The minimum absolute atomic E-state index is 0.0520. The Morgan fingerprint density at radius 2 is 2.20 bits per heavy atom. The minimum atomic E-state index is -0.0520. The van der Waals surface area contributed by atoms with Crippen LogP contribution in [0.2, 0.25) is 0 Å². The normalized spacial score (nSPS) is 33.7. The highest BCUT2D eigenvalue weighted by molar-refractivity contribution is 5.69. The van der Waals surface area contributed by atoms with Crippen LogP contribution in [0, 0.1) is 11.8 Å². The predicted molar refractivity (Wildman–Crippen MR) is 56.4 cm³/mol. The molecule has 0 N–H and O–H groups in total. The Balaban J connectivity index is 1.62. The maximum atomic E-state index is 11.3. The first-order valence-corrected chi connectivity index (χ1v) is 5.96. The second-order valence-electron chi connectivity index (χ2n) is 5.17. The van der Waals surface area contributed by atoms with Crippen LogP contribution >= 0.6 is 0 Å². The first-order chi connectivity index (χ1) is 7.15. The Labute approximate surface area is 91.1 Å². The van der Waals surface area contributed by atoms with Crippen molar-refractivity contribution >= 4 is 5.97 Å². The standard InChI is InChI=1S/C12H20O3/c1-8(2)5-12(13)14-7-9-3-4-10-11(6-9)15-10/h8-11H,3-7H2,1-2H3. The van der Waals surface area contributed by atoms with Crippen LogP contribution in [0.5, 0.6) is 0 Å². The molecule has 3 atom stereocenters. The summed E-state index contributed by atoms with van der Waals surface area (Å²) in [4.78, 5) is 11.3. The molecular weight excluding hydrogens is 192 g/mol. The third-order valence-corrected chi connectivity index (χ3v) is 3.17. The van der Waals surface area contributed by atoms with Gasteiger partial charge in [0, 0.05) is 6.42 Å². The molecule has 1 aliphatic heterocycles. The molecule has 0 radical (unpaired) electrons. The Hall–Kier alpha value is -0.570.